The van der Waals surface area contributed by atoms with Crippen LogP contribution < -0.4 is 5.32 Å². The Kier molecular flexibility index (Phi) is 6.41. The maximum atomic E-state index is 12.7. The molecule has 0 aromatic carbocycles. The van der Waals surface area contributed by atoms with Gasteiger partial charge in [-0.15, -0.1) is 0 Å². The molecular formula is C21H21N5O2. The lowest BCUT2D eigenvalue weighted by molar-refractivity contribution is 0.0796. The molecule has 28 heavy (non-hydrogen) atoms. The summed E-state index contributed by atoms with van der Waals surface area (Å²) in [5.74, 6) is -0.455. The Morgan fingerprint density at radius 2 is 1.50 bits per heavy atom. The third-order valence-corrected chi connectivity index (χ3v) is 4.28. The third kappa shape index (κ3) is 5.20. The predicted octanol–water partition coefficient (Wildman–Crippen LogP) is 2.12. The van der Waals surface area contributed by atoms with Gasteiger partial charge in [-0.25, -0.2) is 0 Å². The van der Waals surface area contributed by atoms with Crippen LogP contribution in [0.25, 0.3) is 0 Å². The molecule has 7 heteroatoms. The van der Waals surface area contributed by atoms with Crippen LogP contribution in [0, 0.1) is 0 Å². The second-order valence-corrected chi connectivity index (χ2v) is 6.33. The Morgan fingerprint density at radius 3 is 2.18 bits per heavy atom. The number of amides is 2. The summed E-state index contributed by atoms with van der Waals surface area (Å²) in [5.41, 5.74) is 2.78. The maximum absolute atomic E-state index is 12.7. The van der Waals surface area contributed by atoms with E-state index in [4.69, 9.17) is 0 Å². The van der Waals surface area contributed by atoms with Gasteiger partial charge in [0.1, 0.15) is 0 Å². The largest absolute Gasteiger partial charge is 0.348 e. The summed E-state index contributed by atoms with van der Waals surface area (Å²) in [6.45, 7) is 0.937. The first-order chi connectivity index (χ1) is 13.6. The van der Waals surface area contributed by atoms with Crippen LogP contribution in [0.15, 0.2) is 67.5 Å². The highest BCUT2D eigenvalue weighted by Crippen LogP contribution is 2.08. The van der Waals surface area contributed by atoms with E-state index in [2.05, 4.69) is 20.3 Å². The number of nitrogens with zero attached hydrogens (tertiary/aromatic N) is 4. The van der Waals surface area contributed by atoms with E-state index in [0.29, 0.717) is 24.2 Å². The lowest BCUT2D eigenvalue weighted by atomic mass is 10.1. The predicted molar refractivity (Wildman–Crippen MR) is 105 cm³/mol. The zero-order chi connectivity index (χ0) is 19.8. The Bertz CT molecular complexity index is 932. The second kappa shape index (κ2) is 9.36. The zero-order valence-electron chi connectivity index (χ0n) is 15.6. The van der Waals surface area contributed by atoms with Crippen molar-refractivity contribution >= 4 is 11.8 Å². The molecule has 2 amide bonds. The minimum absolute atomic E-state index is 0.176. The van der Waals surface area contributed by atoms with Crippen molar-refractivity contribution in [1.82, 2.24) is 25.2 Å². The Morgan fingerprint density at radius 1 is 0.893 bits per heavy atom. The number of hydrogen-bond donors (Lipinski definition) is 1. The molecule has 0 fully saturated rings. The normalized spacial score (nSPS) is 10.3. The molecular weight excluding hydrogens is 354 g/mol. The van der Waals surface area contributed by atoms with Crippen molar-refractivity contribution in [2.45, 2.75) is 13.0 Å². The molecule has 0 saturated heterocycles. The molecule has 142 valence electrons. The van der Waals surface area contributed by atoms with E-state index < -0.39 is 0 Å². The number of rotatable bonds is 7. The van der Waals surface area contributed by atoms with Crippen molar-refractivity contribution in [3.8, 4) is 0 Å². The van der Waals surface area contributed by atoms with Crippen LogP contribution in [0.5, 0.6) is 0 Å². The molecule has 0 unspecified atom stereocenters. The summed E-state index contributed by atoms with van der Waals surface area (Å²) < 4.78 is 0. The van der Waals surface area contributed by atoms with Crippen LogP contribution in [0.1, 0.15) is 31.8 Å². The molecule has 0 spiro atoms. The minimum Gasteiger partial charge on any atom is -0.348 e. The monoisotopic (exact) mass is 375 g/mol. The van der Waals surface area contributed by atoms with Crippen LogP contribution in [-0.2, 0) is 13.0 Å². The van der Waals surface area contributed by atoms with Crippen LogP contribution in [0.3, 0.4) is 0 Å². The van der Waals surface area contributed by atoms with Crippen molar-refractivity contribution < 1.29 is 9.59 Å². The molecule has 1 N–H and O–H groups in total. The summed E-state index contributed by atoms with van der Waals surface area (Å²) in [6.07, 6.45) is 10.5. The van der Waals surface area contributed by atoms with Gasteiger partial charge in [0, 0.05) is 57.3 Å². The molecule has 3 rings (SSSR count). The Labute approximate surface area is 163 Å². The number of carbonyl (C=O) groups is 2. The van der Waals surface area contributed by atoms with Gasteiger partial charge in [-0.3, -0.25) is 24.5 Å². The highest BCUT2D eigenvalue weighted by molar-refractivity contribution is 5.99. The average molecular weight is 375 g/mol. The fourth-order valence-corrected chi connectivity index (χ4v) is 2.63. The first kappa shape index (κ1) is 19.2. The maximum Gasteiger partial charge on any atom is 0.255 e. The first-order valence-electron chi connectivity index (χ1n) is 8.90. The minimum atomic E-state index is -0.279. The lowest BCUT2D eigenvalue weighted by Crippen LogP contribution is -2.29. The van der Waals surface area contributed by atoms with Gasteiger partial charge in [0.15, 0.2) is 0 Å². The number of likely N-dealkylation sites (N-methyl/N-ethyl adjacent to an activating group) is 1. The molecule has 3 heterocycles. The topological polar surface area (TPSA) is 88.1 Å². The van der Waals surface area contributed by atoms with Crippen LogP contribution in [0.4, 0.5) is 0 Å². The first-order valence-corrected chi connectivity index (χ1v) is 8.90. The molecule has 0 bridgehead atoms. The molecule has 3 aromatic heterocycles. The van der Waals surface area contributed by atoms with Crippen molar-refractivity contribution in [2.75, 3.05) is 13.6 Å². The number of carbonyl (C=O) groups excluding carboxylic acids is 2. The van der Waals surface area contributed by atoms with E-state index in [-0.39, 0.29) is 11.8 Å². The number of hydrogen-bond acceptors (Lipinski definition) is 5. The highest BCUT2D eigenvalue weighted by Gasteiger charge is 2.15. The van der Waals surface area contributed by atoms with Crippen LogP contribution in [0.2, 0.25) is 0 Å². The van der Waals surface area contributed by atoms with Gasteiger partial charge >= 0.3 is 0 Å². The Balaban J connectivity index is 1.59. The van der Waals surface area contributed by atoms with Gasteiger partial charge in [-0.2, -0.15) is 0 Å². The lowest BCUT2D eigenvalue weighted by Gasteiger charge is -2.17. The molecule has 0 radical (unpaired) electrons. The van der Waals surface area contributed by atoms with Crippen molar-refractivity contribution in [3.63, 3.8) is 0 Å². The fraction of sp³-hybridized carbons (Fsp3) is 0.190. The highest BCUT2D eigenvalue weighted by atomic mass is 16.2. The standard InChI is InChI=1S/C21H21N5O2/c1-26(11-6-16-2-7-22-8-3-16)21(28)19-12-18(14-24-15-19)20(27)25-13-17-4-9-23-10-5-17/h2-5,7-10,12,14-15H,6,11,13H2,1H3,(H,25,27). The second-order valence-electron chi connectivity index (χ2n) is 6.33. The number of nitrogens with one attached hydrogen (secondary N) is 1. The van der Waals surface area contributed by atoms with E-state index in [9.17, 15) is 9.59 Å². The molecule has 0 atom stereocenters. The molecule has 3 aromatic rings. The van der Waals surface area contributed by atoms with Crippen molar-refractivity contribution in [1.29, 1.82) is 0 Å². The Hall–Kier alpha value is -3.61. The zero-order valence-corrected chi connectivity index (χ0v) is 15.6. The molecule has 0 aliphatic rings. The van der Waals surface area contributed by atoms with Crippen molar-refractivity contribution in [2.24, 2.45) is 0 Å². The molecule has 7 nitrogen and oxygen atoms in total. The quantitative estimate of drug-likeness (QED) is 0.683. The van der Waals surface area contributed by atoms with Crippen LogP contribution >= 0.6 is 0 Å². The summed E-state index contributed by atoms with van der Waals surface area (Å²) in [6, 6.07) is 9.08. The van der Waals surface area contributed by atoms with E-state index in [1.807, 2.05) is 24.3 Å². The molecule has 0 saturated carbocycles. The van der Waals surface area contributed by atoms with Gasteiger partial charge in [-0.05, 0) is 47.9 Å². The molecule has 0 aliphatic heterocycles. The summed E-state index contributed by atoms with van der Waals surface area (Å²) in [4.78, 5) is 38.6. The van der Waals surface area contributed by atoms with Crippen LogP contribution in [-0.4, -0.2) is 45.3 Å². The summed E-state index contributed by atoms with van der Waals surface area (Å²) in [7, 11) is 1.74. The van der Waals surface area contributed by atoms with E-state index in [0.717, 1.165) is 17.5 Å². The third-order valence-electron chi connectivity index (χ3n) is 4.28. The average Bonchev–Trinajstić information content (AvgIpc) is 2.76. The number of aromatic nitrogens is 3. The number of pyridine rings is 3. The smallest absolute Gasteiger partial charge is 0.255 e. The van der Waals surface area contributed by atoms with E-state index in [1.54, 1.807) is 42.8 Å². The van der Waals surface area contributed by atoms with Gasteiger partial charge in [0.25, 0.3) is 11.8 Å². The SMILES string of the molecule is CN(CCc1ccncc1)C(=O)c1cncc(C(=O)NCc2ccncc2)c1. The van der Waals surface area contributed by atoms with E-state index >= 15 is 0 Å². The van der Waals surface area contributed by atoms with Crippen molar-refractivity contribution in [3.05, 3.63) is 89.8 Å². The van der Waals surface area contributed by atoms with Gasteiger partial charge in [0.05, 0.1) is 11.1 Å². The summed E-state index contributed by atoms with van der Waals surface area (Å²) in [5, 5.41) is 2.82. The molecule has 0 aliphatic carbocycles. The fourth-order valence-electron chi connectivity index (χ4n) is 2.63. The van der Waals surface area contributed by atoms with Gasteiger partial charge in [0.2, 0.25) is 0 Å². The van der Waals surface area contributed by atoms with E-state index in [1.165, 1.54) is 12.4 Å². The van der Waals surface area contributed by atoms with Gasteiger partial charge < -0.3 is 10.2 Å². The summed E-state index contributed by atoms with van der Waals surface area (Å²) >= 11 is 0. The van der Waals surface area contributed by atoms with Gasteiger partial charge in [-0.1, -0.05) is 0 Å².